The fraction of sp³-hybridized carbons (Fsp3) is 0.500. The van der Waals surface area contributed by atoms with Crippen LogP contribution in [0.1, 0.15) is 12.5 Å². The maximum absolute atomic E-state index is 11.5. The molecule has 0 spiro atoms. The molecule has 1 aromatic rings. The largest absolute Gasteiger partial charge is 0.394 e. The molecule has 0 aliphatic carbocycles. The molecule has 1 rings (SSSR count). The molecule has 0 atom stereocenters. The molecule has 3 N–H and O–H groups in total. The first-order chi connectivity index (χ1) is 7.09. The summed E-state index contributed by atoms with van der Waals surface area (Å²) < 4.78 is 0. The highest BCUT2D eigenvalue weighted by atomic mass is 32.1. The van der Waals surface area contributed by atoms with Gasteiger partial charge in [0, 0.05) is 0 Å². The zero-order valence-corrected chi connectivity index (χ0v) is 9.38. The van der Waals surface area contributed by atoms with E-state index < -0.39 is 5.54 Å². The van der Waals surface area contributed by atoms with Gasteiger partial charge in [-0.25, -0.2) is 0 Å². The Kier molecular flexibility index (Phi) is 4.26. The highest BCUT2D eigenvalue weighted by Gasteiger charge is 2.24. The average Bonchev–Trinajstić information content (AvgIpc) is 2.70. The summed E-state index contributed by atoms with van der Waals surface area (Å²) >= 11 is 1.53. The third kappa shape index (κ3) is 3.62. The lowest BCUT2D eigenvalue weighted by molar-refractivity contribution is -0.123. The summed E-state index contributed by atoms with van der Waals surface area (Å²) in [6, 6.07) is 1.87. The third-order valence-corrected chi connectivity index (χ3v) is 2.82. The Hall–Kier alpha value is -0.910. The van der Waals surface area contributed by atoms with Crippen molar-refractivity contribution >= 4 is 17.2 Å². The summed E-state index contributed by atoms with van der Waals surface area (Å²) in [5.74, 6) is -0.195. The van der Waals surface area contributed by atoms with Gasteiger partial charge in [0.05, 0.1) is 25.2 Å². The lowest BCUT2D eigenvalue weighted by atomic mass is 10.0. The van der Waals surface area contributed by atoms with Crippen molar-refractivity contribution in [3.63, 3.8) is 0 Å². The average molecular weight is 229 g/mol. The van der Waals surface area contributed by atoms with Crippen molar-refractivity contribution in [3.05, 3.63) is 22.4 Å². The van der Waals surface area contributed by atoms with Gasteiger partial charge in [0.25, 0.3) is 0 Å². The molecular weight excluding hydrogens is 214 g/mol. The van der Waals surface area contributed by atoms with E-state index in [2.05, 4.69) is 5.32 Å². The van der Waals surface area contributed by atoms with Gasteiger partial charge in [0.1, 0.15) is 0 Å². The zero-order valence-electron chi connectivity index (χ0n) is 8.56. The normalized spacial score (nSPS) is 11.4. The summed E-state index contributed by atoms with van der Waals surface area (Å²) in [7, 11) is 0. The number of hydrogen-bond donors (Lipinski definition) is 3. The third-order valence-electron chi connectivity index (χ3n) is 2.08. The Morgan fingerprint density at radius 2 is 2.20 bits per heavy atom. The van der Waals surface area contributed by atoms with Crippen molar-refractivity contribution in [1.82, 2.24) is 5.32 Å². The minimum absolute atomic E-state index is 0.195. The summed E-state index contributed by atoms with van der Waals surface area (Å²) in [4.78, 5) is 11.5. The number of rotatable bonds is 5. The number of aliphatic hydroxyl groups excluding tert-OH is 2. The number of aliphatic hydroxyl groups is 2. The van der Waals surface area contributed by atoms with Gasteiger partial charge in [-0.2, -0.15) is 11.3 Å². The first-order valence-electron chi connectivity index (χ1n) is 4.63. The zero-order chi connectivity index (χ0) is 11.3. The molecule has 1 amide bonds. The van der Waals surface area contributed by atoms with Gasteiger partial charge in [-0.15, -0.1) is 0 Å². The van der Waals surface area contributed by atoms with E-state index in [9.17, 15) is 4.79 Å². The number of carbonyl (C=O) groups excluding carboxylic acids is 1. The molecule has 0 aromatic carbocycles. The van der Waals surface area contributed by atoms with Crippen LogP contribution in [0, 0.1) is 0 Å². The lowest BCUT2D eigenvalue weighted by Gasteiger charge is -2.26. The molecule has 0 radical (unpaired) electrons. The molecule has 0 saturated heterocycles. The fourth-order valence-electron chi connectivity index (χ4n) is 1.09. The van der Waals surface area contributed by atoms with Crippen LogP contribution in [0.5, 0.6) is 0 Å². The van der Waals surface area contributed by atoms with Crippen molar-refractivity contribution in [1.29, 1.82) is 0 Å². The molecule has 0 aliphatic rings. The summed E-state index contributed by atoms with van der Waals surface area (Å²) in [5, 5.41) is 24.4. The quantitative estimate of drug-likeness (QED) is 0.673. The maximum Gasteiger partial charge on any atom is 0.225 e. The molecule has 0 unspecified atom stereocenters. The molecule has 15 heavy (non-hydrogen) atoms. The SMILES string of the molecule is CC(CO)(CO)NC(=O)Cc1ccsc1. The molecule has 0 fully saturated rings. The van der Waals surface area contributed by atoms with Gasteiger partial charge >= 0.3 is 0 Å². The lowest BCUT2D eigenvalue weighted by Crippen LogP contribution is -2.52. The topological polar surface area (TPSA) is 69.6 Å². The maximum atomic E-state index is 11.5. The van der Waals surface area contributed by atoms with Crippen LogP contribution in [-0.4, -0.2) is 34.9 Å². The van der Waals surface area contributed by atoms with E-state index in [-0.39, 0.29) is 25.5 Å². The second kappa shape index (κ2) is 5.25. The summed E-state index contributed by atoms with van der Waals surface area (Å²) in [5.41, 5.74) is 0.00309. The minimum Gasteiger partial charge on any atom is -0.394 e. The van der Waals surface area contributed by atoms with Crippen LogP contribution in [-0.2, 0) is 11.2 Å². The predicted molar refractivity (Wildman–Crippen MR) is 58.7 cm³/mol. The van der Waals surface area contributed by atoms with E-state index in [1.54, 1.807) is 6.92 Å². The Balaban J connectivity index is 2.49. The standard InChI is InChI=1S/C10H15NO3S/c1-10(6-12,7-13)11-9(14)4-8-2-3-15-5-8/h2-3,5,12-13H,4,6-7H2,1H3,(H,11,14). The fourth-order valence-corrected chi connectivity index (χ4v) is 1.76. The number of nitrogens with one attached hydrogen (secondary N) is 1. The summed E-state index contributed by atoms with van der Waals surface area (Å²) in [6.45, 7) is 1.04. The van der Waals surface area contributed by atoms with Gasteiger partial charge in [-0.05, 0) is 29.3 Å². The molecule has 0 saturated carbocycles. The van der Waals surface area contributed by atoms with Crippen molar-refractivity contribution in [2.75, 3.05) is 13.2 Å². The van der Waals surface area contributed by atoms with E-state index in [0.29, 0.717) is 0 Å². The monoisotopic (exact) mass is 229 g/mol. The van der Waals surface area contributed by atoms with Crippen LogP contribution in [0.4, 0.5) is 0 Å². The Labute approximate surface area is 92.6 Å². The number of amides is 1. The molecule has 84 valence electrons. The molecule has 1 heterocycles. The Bertz CT molecular complexity index is 306. The Morgan fingerprint density at radius 1 is 1.53 bits per heavy atom. The van der Waals surface area contributed by atoms with Gasteiger partial charge < -0.3 is 15.5 Å². The summed E-state index contributed by atoms with van der Waals surface area (Å²) in [6.07, 6.45) is 0.277. The van der Waals surface area contributed by atoms with Gasteiger partial charge in [-0.3, -0.25) is 4.79 Å². The van der Waals surface area contributed by atoms with Gasteiger partial charge in [0.2, 0.25) is 5.91 Å². The highest BCUT2D eigenvalue weighted by Crippen LogP contribution is 2.08. The van der Waals surface area contributed by atoms with Crippen LogP contribution in [0.25, 0.3) is 0 Å². The Morgan fingerprint density at radius 3 is 2.67 bits per heavy atom. The first kappa shape index (κ1) is 12.2. The van der Waals surface area contributed by atoms with Crippen molar-refractivity contribution in [2.45, 2.75) is 18.9 Å². The number of hydrogen-bond acceptors (Lipinski definition) is 4. The molecule has 0 aliphatic heterocycles. The molecule has 4 nitrogen and oxygen atoms in total. The molecule has 1 aromatic heterocycles. The van der Waals surface area contributed by atoms with Crippen LogP contribution in [0.2, 0.25) is 0 Å². The predicted octanol–water partition coefficient (Wildman–Crippen LogP) is 0.150. The number of carbonyl (C=O) groups is 1. The van der Waals surface area contributed by atoms with Crippen LogP contribution < -0.4 is 5.32 Å². The van der Waals surface area contributed by atoms with Crippen LogP contribution in [0.3, 0.4) is 0 Å². The smallest absolute Gasteiger partial charge is 0.225 e. The minimum atomic E-state index is -0.937. The van der Waals surface area contributed by atoms with E-state index in [0.717, 1.165) is 5.56 Å². The number of thiophene rings is 1. The van der Waals surface area contributed by atoms with E-state index in [1.165, 1.54) is 11.3 Å². The molecular formula is C10H15NO3S. The second-order valence-electron chi connectivity index (χ2n) is 3.73. The highest BCUT2D eigenvalue weighted by molar-refractivity contribution is 7.07. The van der Waals surface area contributed by atoms with Crippen molar-refractivity contribution < 1.29 is 15.0 Å². The van der Waals surface area contributed by atoms with Crippen LogP contribution >= 0.6 is 11.3 Å². The van der Waals surface area contributed by atoms with Crippen molar-refractivity contribution in [2.24, 2.45) is 0 Å². The van der Waals surface area contributed by atoms with Gasteiger partial charge in [-0.1, -0.05) is 0 Å². The first-order valence-corrected chi connectivity index (χ1v) is 5.58. The van der Waals surface area contributed by atoms with Gasteiger partial charge in [0.15, 0.2) is 0 Å². The second-order valence-corrected chi connectivity index (χ2v) is 4.51. The van der Waals surface area contributed by atoms with E-state index in [4.69, 9.17) is 10.2 Å². The van der Waals surface area contributed by atoms with Crippen molar-refractivity contribution in [3.8, 4) is 0 Å². The van der Waals surface area contributed by atoms with E-state index >= 15 is 0 Å². The molecule has 5 heteroatoms. The van der Waals surface area contributed by atoms with Crippen LogP contribution in [0.15, 0.2) is 16.8 Å². The molecule has 0 bridgehead atoms. The van der Waals surface area contributed by atoms with E-state index in [1.807, 2.05) is 16.8 Å².